The molecule has 0 bridgehead atoms. The molecule has 2 amide bonds. The average molecular weight is 374 g/mol. The molecule has 3 N–H and O–H groups in total. The lowest BCUT2D eigenvalue weighted by Gasteiger charge is -2.25. The Bertz CT molecular complexity index is 994. The van der Waals surface area contributed by atoms with Gasteiger partial charge in [0, 0.05) is 37.5 Å². The lowest BCUT2D eigenvalue weighted by Crippen LogP contribution is -2.33. The molecule has 0 spiro atoms. The fourth-order valence-corrected chi connectivity index (χ4v) is 3.51. The maximum absolute atomic E-state index is 12.5. The van der Waals surface area contributed by atoms with E-state index in [2.05, 4.69) is 16.4 Å². The lowest BCUT2D eigenvalue weighted by atomic mass is 9.99. The Morgan fingerprint density at radius 1 is 1.21 bits per heavy atom. The number of anilines is 2. The second kappa shape index (κ2) is 7.68. The largest absolute Gasteiger partial charge is 0.399 e. The predicted molar refractivity (Wildman–Crippen MR) is 110 cm³/mol. The second-order valence-corrected chi connectivity index (χ2v) is 7.05. The zero-order valence-corrected chi connectivity index (χ0v) is 15.5. The zero-order chi connectivity index (χ0) is 19.5. The van der Waals surface area contributed by atoms with Gasteiger partial charge in [0.25, 0.3) is 0 Å². The third kappa shape index (κ3) is 3.96. The van der Waals surface area contributed by atoms with Crippen LogP contribution in [0, 0.1) is 0 Å². The second-order valence-electron chi connectivity index (χ2n) is 7.05. The van der Waals surface area contributed by atoms with Crippen molar-refractivity contribution < 1.29 is 9.59 Å². The molecule has 28 heavy (non-hydrogen) atoms. The summed E-state index contributed by atoms with van der Waals surface area (Å²) in [6.07, 6.45) is 9.08. The highest BCUT2D eigenvalue weighted by molar-refractivity contribution is 5.94. The number of nitrogens with one attached hydrogen (secondary N) is 1. The summed E-state index contributed by atoms with van der Waals surface area (Å²) in [6, 6.07) is 9.81. The van der Waals surface area contributed by atoms with E-state index in [-0.39, 0.29) is 11.8 Å². The van der Waals surface area contributed by atoms with Crippen molar-refractivity contribution in [2.75, 3.05) is 24.1 Å². The highest BCUT2D eigenvalue weighted by Crippen LogP contribution is 2.24. The molecule has 142 valence electrons. The third-order valence-electron chi connectivity index (χ3n) is 5.06. The van der Waals surface area contributed by atoms with Gasteiger partial charge >= 0.3 is 0 Å². The Hall–Kier alpha value is -3.41. The maximum atomic E-state index is 12.5. The van der Waals surface area contributed by atoms with Gasteiger partial charge in [-0.2, -0.15) is 0 Å². The maximum Gasteiger partial charge on any atom is 0.246 e. The number of nitrogen functional groups attached to an aromatic ring is 1. The number of rotatable bonds is 3. The summed E-state index contributed by atoms with van der Waals surface area (Å²) < 4.78 is 0. The first-order valence-corrected chi connectivity index (χ1v) is 9.39. The highest BCUT2D eigenvalue weighted by Gasteiger charge is 2.17. The van der Waals surface area contributed by atoms with E-state index in [1.165, 1.54) is 5.57 Å². The first-order valence-electron chi connectivity index (χ1n) is 9.39. The summed E-state index contributed by atoms with van der Waals surface area (Å²) in [4.78, 5) is 30.0. The molecule has 0 unspecified atom stereocenters. The third-order valence-corrected chi connectivity index (χ3v) is 5.06. The molecular weight excluding hydrogens is 352 g/mol. The molecule has 6 nitrogen and oxygen atoms in total. The van der Waals surface area contributed by atoms with Gasteiger partial charge in [0.2, 0.25) is 11.8 Å². The molecule has 1 aromatic carbocycles. The van der Waals surface area contributed by atoms with Gasteiger partial charge in [-0.3, -0.25) is 9.59 Å². The van der Waals surface area contributed by atoms with E-state index < -0.39 is 0 Å². The van der Waals surface area contributed by atoms with Gasteiger partial charge in [-0.1, -0.05) is 18.2 Å². The topological polar surface area (TPSA) is 88.3 Å². The van der Waals surface area contributed by atoms with Crippen LogP contribution in [0.4, 0.5) is 11.5 Å². The van der Waals surface area contributed by atoms with E-state index in [0.717, 1.165) is 28.8 Å². The number of nitrogens with zero attached hydrogens (tertiary/aromatic N) is 2. The van der Waals surface area contributed by atoms with E-state index in [1.54, 1.807) is 18.3 Å². The number of hydrogen-bond acceptors (Lipinski definition) is 4. The number of nitrogens with two attached hydrogens (primary N) is 1. The summed E-state index contributed by atoms with van der Waals surface area (Å²) >= 11 is 0. The molecule has 1 aromatic heterocycles. The average Bonchev–Trinajstić information content (AvgIpc) is 2.72. The van der Waals surface area contributed by atoms with Gasteiger partial charge < -0.3 is 16.0 Å². The van der Waals surface area contributed by atoms with Gasteiger partial charge in [0.1, 0.15) is 5.82 Å². The molecule has 0 saturated carbocycles. The van der Waals surface area contributed by atoms with Crippen LogP contribution in [0.5, 0.6) is 0 Å². The van der Waals surface area contributed by atoms with Crippen molar-refractivity contribution in [1.29, 1.82) is 0 Å². The number of amides is 2. The molecule has 3 heterocycles. The van der Waals surface area contributed by atoms with Crippen LogP contribution in [-0.4, -0.2) is 34.8 Å². The molecule has 0 fully saturated rings. The van der Waals surface area contributed by atoms with Crippen molar-refractivity contribution in [1.82, 2.24) is 9.88 Å². The van der Waals surface area contributed by atoms with E-state index >= 15 is 0 Å². The van der Waals surface area contributed by atoms with Gasteiger partial charge in [0.15, 0.2) is 0 Å². The molecule has 2 aromatic rings. The minimum Gasteiger partial charge on any atom is -0.399 e. The van der Waals surface area contributed by atoms with Crippen LogP contribution in [-0.2, 0) is 16.0 Å². The Labute approximate surface area is 163 Å². The van der Waals surface area contributed by atoms with Crippen molar-refractivity contribution in [3.05, 3.63) is 65.4 Å². The van der Waals surface area contributed by atoms with Gasteiger partial charge in [-0.15, -0.1) is 0 Å². The Morgan fingerprint density at radius 3 is 2.89 bits per heavy atom. The molecule has 2 aliphatic rings. The lowest BCUT2D eigenvalue weighted by molar-refractivity contribution is -0.125. The molecule has 0 aliphatic carbocycles. The Morgan fingerprint density at radius 2 is 2.11 bits per heavy atom. The number of pyridine rings is 1. The van der Waals surface area contributed by atoms with Crippen molar-refractivity contribution >= 4 is 35.0 Å². The van der Waals surface area contributed by atoms with Crippen LogP contribution in [0.15, 0.2) is 48.7 Å². The number of fused-ring (bicyclic) bond motifs is 1. The quantitative estimate of drug-likeness (QED) is 0.639. The molecule has 0 atom stereocenters. The summed E-state index contributed by atoms with van der Waals surface area (Å²) in [6.45, 7) is 1.26. The number of aryl methyl sites for hydroxylation is 1. The molecule has 0 saturated heterocycles. The van der Waals surface area contributed by atoms with Gasteiger partial charge in [-0.05, 0) is 59.4 Å². The van der Waals surface area contributed by atoms with E-state index in [0.29, 0.717) is 31.7 Å². The first-order chi connectivity index (χ1) is 13.6. The number of aromatic nitrogens is 1. The van der Waals surface area contributed by atoms with Crippen LogP contribution in [0.3, 0.4) is 0 Å². The van der Waals surface area contributed by atoms with Crippen molar-refractivity contribution in [2.45, 2.75) is 19.3 Å². The summed E-state index contributed by atoms with van der Waals surface area (Å²) in [7, 11) is 0. The molecule has 2 aliphatic heterocycles. The van der Waals surface area contributed by atoms with E-state index in [9.17, 15) is 9.59 Å². The summed E-state index contributed by atoms with van der Waals surface area (Å²) in [5.74, 6) is 0.595. The smallest absolute Gasteiger partial charge is 0.246 e. The minimum absolute atomic E-state index is 0.00539. The zero-order valence-electron chi connectivity index (χ0n) is 15.5. The molecule has 4 rings (SSSR count). The SMILES string of the molecule is Nc1cccc(C2=CCN(C(=O)C=Cc3cnc4c(c3)CCC(=O)N4)CC2)c1. The van der Waals surface area contributed by atoms with Crippen molar-refractivity contribution in [2.24, 2.45) is 0 Å². The summed E-state index contributed by atoms with van der Waals surface area (Å²) in [5, 5.41) is 2.76. The van der Waals surface area contributed by atoms with Crippen molar-refractivity contribution in [3.8, 4) is 0 Å². The van der Waals surface area contributed by atoms with Gasteiger partial charge in [0.05, 0.1) is 0 Å². The number of hydrogen-bond donors (Lipinski definition) is 2. The Balaban J connectivity index is 1.40. The summed E-state index contributed by atoms with van der Waals surface area (Å²) in [5.41, 5.74) is 10.8. The van der Waals surface area contributed by atoms with E-state index in [4.69, 9.17) is 5.73 Å². The van der Waals surface area contributed by atoms with Crippen LogP contribution >= 0.6 is 0 Å². The number of carbonyl (C=O) groups is 2. The molecular formula is C22H22N4O2. The highest BCUT2D eigenvalue weighted by atomic mass is 16.2. The Kier molecular flexibility index (Phi) is 4.93. The molecule has 6 heteroatoms. The minimum atomic E-state index is -0.0195. The van der Waals surface area contributed by atoms with Crippen LogP contribution in [0.2, 0.25) is 0 Å². The van der Waals surface area contributed by atoms with Crippen LogP contribution in [0.1, 0.15) is 29.5 Å². The monoisotopic (exact) mass is 374 g/mol. The normalized spacial score (nSPS) is 16.5. The fourth-order valence-electron chi connectivity index (χ4n) is 3.51. The standard InChI is InChI=1S/C22H22N4O2/c23-19-3-1-2-17(13-19)16-8-10-26(11-9-16)21(28)7-4-15-12-18-5-6-20(27)25-22(18)24-14-15/h1-4,7-8,12-14H,5-6,9-11,23H2,(H,24,25,27). The number of carbonyl (C=O) groups excluding carboxylic acids is 2. The molecule has 0 radical (unpaired) electrons. The first kappa shape index (κ1) is 18.0. The van der Waals surface area contributed by atoms with Crippen LogP contribution < -0.4 is 11.1 Å². The number of benzene rings is 1. The van der Waals surface area contributed by atoms with E-state index in [1.807, 2.05) is 35.2 Å². The van der Waals surface area contributed by atoms with Gasteiger partial charge in [-0.25, -0.2) is 4.98 Å². The predicted octanol–water partition coefficient (Wildman–Crippen LogP) is 2.88. The van der Waals surface area contributed by atoms with Crippen molar-refractivity contribution in [3.63, 3.8) is 0 Å². The van der Waals surface area contributed by atoms with Crippen LogP contribution in [0.25, 0.3) is 11.6 Å². The fraction of sp³-hybridized carbons (Fsp3) is 0.227.